The lowest BCUT2D eigenvalue weighted by Gasteiger charge is -2.19. The van der Waals surface area contributed by atoms with Gasteiger partial charge in [-0.2, -0.15) is 0 Å². The number of hydrogen-bond acceptors (Lipinski definition) is 4. The number of benzene rings is 1. The van der Waals surface area contributed by atoms with E-state index < -0.39 is 0 Å². The second-order valence-electron chi connectivity index (χ2n) is 4.94. The van der Waals surface area contributed by atoms with Crippen molar-refractivity contribution in [2.24, 2.45) is 11.7 Å². The monoisotopic (exact) mass is 280 g/mol. The first-order valence-corrected chi connectivity index (χ1v) is 6.73. The molecule has 5 heteroatoms. The van der Waals surface area contributed by atoms with E-state index in [1.165, 1.54) is 0 Å². The molecule has 112 valence electrons. The van der Waals surface area contributed by atoms with Crippen LogP contribution in [0.15, 0.2) is 18.2 Å². The van der Waals surface area contributed by atoms with Gasteiger partial charge in [0.25, 0.3) is 0 Å². The number of nitrogens with one attached hydrogen (secondary N) is 1. The van der Waals surface area contributed by atoms with Crippen LogP contribution >= 0.6 is 0 Å². The SMILES string of the molecule is COc1ccc(OC)c(C(C)NC(=O)CC(C)CN)c1. The van der Waals surface area contributed by atoms with Gasteiger partial charge in [-0.3, -0.25) is 4.79 Å². The van der Waals surface area contributed by atoms with Gasteiger partial charge in [0.05, 0.1) is 20.3 Å². The van der Waals surface area contributed by atoms with Crippen LogP contribution < -0.4 is 20.5 Å². The van der Waals surface area contributed by atoms with E-state index in [0.29, 0.717) is 13.0 Å². The first kappa shape index (κ1) is 16.3. The second kappa shape index (κ2) is 7.75. The molecule has 0 heterocycles. The normalized spacial score (nSPS) is 13.4. The minimum absolute atomic E-state index is 0.0136. The Balaban J connectivity index is 2.80. The van der Waals surface area contributed by atoms with Crippen LogP contribution in [-0.2, 0) is 4.79 Å². The average molecular weight is 280 g/mol. The number of nitrogens with two attached hydrogens (primary N) is 1. The standard InChI is InChI=1S/C15H24N2O3/c1-10(9-16)7-15(18)17-11(2)13-8-12(19-3)5-6-14(13)20-4/h5-6,8,10-11H,7,9,16H2,1-4H3,(H,17,18). The highest BCUT2D eigenvalue weighted by molar-refractivity contribution is 5.76. The molecule has 0 radical (unpaired) electrons. The number of carbonyl (C=O) groups is 1. The maximum absolute atomic E-state index is 11.9. The van der Waals surface area contributed by atoms with Crippen LogP contribution in [0.4, 0.5) is 0 Å². The molecular weight excluding hydrogens is 256 g/mol. The second-order valence-corrected chi connectivity index (χ2v) is 4.94. The van der Waals surface area contributed by atoms with E-state index in [9.17, 15) is 4.79 Å². The highest BCUT2D eigenvalue weighted by Gasteiger charge is 2.16. The number of rotatable bonds is 7. The van der Waals surface area contributed by atoms with Crippen LogP contribution in [0.25, 0.3) is 0 Å². The molecule has 20 heavy (non-hydrogen) atoms. The van der Waals surface area contributed by atoms with Gasteiger partial charge in [0.15, 0.2) is 0 Å². The topological polar surface area (TPSA) is 73.6 Å². The van der Waals surface area contributed by atoms with Crippen LogP contribution in [-0.4, -0.2) is 26.7 Å². The van der Waals surface area contributed by atoms with Crippen molar-refractivity contribution >= 4 is 5.91 Å². The Morgan fingerprint density at radius 2 is 2.00 bits per heavy atom. The fraction of sp³-hybridized carbons (Fsp3) is 0.533. The molecule has 0 saturated carbocycles. The Morgan fingerprint density at radius 3 is 2.55 bits per heavy atom. The number of amides is 1. The third-order valence-corrected chi connectivity index (χ3v) is 3.22. The molecule has 0 aliphatic heterocycles. The lowest BCUT2D eigenvalue weighted by molar-refractivity contribution is -0.122. The van der Waals surface area contributed by atoms with Crippen LogP contribution in [0.1, 0.15) is 31.9 Å². The first-order chi connectivity index (χ1) is 9.51. The molecule has 0 aliphatic rings. The van der Waals surface area contributed by atoms with Gasteiger partial charge in [0.2, 0.25) is 5.91 Å². The lowest BCUT2D eigenvalue weighted by atomic mass is 10.0. The van der Waals surface area contributed by atoms with Crippen LogP contribution in [0.3, 0.4) is 0 Å². The predicted octanol–water partition coefficient (Wildman–Crippen LogP) is 1.87. The Hall–Kier alpha value is -1.75. The Labute approximate surface area is 120 Å². The summed E-state index contributed by atoms with van der Waals surface area (Å²) in [5.74, 6) is 1.62. The van der Waals surface area contributed by atoms with Gasteiger partial charge in [-0.1, -0.05) is 6.92 Å². The van der Waals surface area contributed by atoms with Crippen LogP contribution in [0, 0.1) is 5.92 Å². The third kappa shape index (κ3) is 4.42. The van der Waals surface area contributed by atoms with Crippen LogP contribution in [0.2, 0.25) is 0 Å². The quantitative estimate of drug-likeness (QED) is 0.799. The summed E-state index contributed by atoms with van der Waals surface area (Å²) in [4.78, 5) is 11.9. The average Bonchev–Trinajstić information content (AvgIpc) is 2.45. The molecule has 1 rings (SSSR count). The molecular formula is C15H24N2O3. The summed E-state index contributed by atoms with van der Waals surface area (Å²) in [6, 6.07) is 5.38. The number of hydrogen-bond donors (Lipinski definition) is 2. The van der Waals surface area contributed by atoms with Crippen molar-refractivity contribution < 1.29 is 14.3 Å². The van der Waals surface area contributed by atoms with Gasteiger partial charge >= 0.3 is 0 Å². The zero-order chi connectivity index (χ0) is 15.1. The fourth-order valence-electron chi connectivity index (χ4n) is 1.96. The van der Waals surface area contributed by atoms with Crippen molar-refractivity contribution in [3.63, 3.8) is 0 Å². The van der Waals surface area contributed by atoms with Gasteiger partial charge in [-0.15, -0.1) is 0 Å². The molecule has 1 amide bonds. The summed E-state index contributed by atoms with van der Waals surface area (Å²) in [6.45, 7) is 4.38. The molecule has 1 aromatic carbocycles. The molecule has 0 aromatic heterocycles. The third-order valence-electron chi connectivity index (χ3n) is 3.22. The van der Waals surface area contributed by atoms with Crippen molar-refractivity contribution in [1.82, 2.24) is 5.32 Å². The lowest BCUT2D eigenvalue weighted by Crippen LogP contribution is -2.29. The molecule has 3 N–H and O–H groups in total. The summed E-state index contributed by atoms with van der Waals surface area (Å²) < 4.78 is 10.5. The summed E-state index contributed by atoms with van der Waals surface area (Å²) in [5.41, 5.74) is 6.42. The van der Waals surface area contributed by atoms with Gasteiger partial charge in [0.1, 0.15) is 11.5 Å². The Kier molecular flexibility index (Phi) is 6.31. The molecule has 0 spiro atoms. The van der Waals surface area contributed by atoms with E-state index in [-0.39, 0.29) is 17.9 Å². The Bertz CT molecular complexity index is 449. The van der Waals surface area contributed by atoms with Gasteiger partial charge in [-0.05, 0) is 37.6 Å². The first-order valence-electron chi connectivity index (χ1n) is 6.73. The van der Waals surface area contributed by atoms with E-state index in [2.05, 4.69) is 5.32 Å². The number of ether oxygens (including phenoxy) is 2. The summed E-state index contributed by atoms with van der Waals surface area (Å²) in [6.07, 6.45) is 0.424. The maximum Gasteiger partial charge on any atom is 0.220 e. The van der Waals surface area contributed by atoms with E-state index in [0.717, 1.165) is 17.1 Å². The molecule has 2 atom stereocenters. The molecule has 0 saturated heterocycles. The minimum atomic E-state index is -0.155. The zero-order valence-electron chi connectivity index (χ0n) is 12.6. The van der Waals surface area contributed by atoms with Crippen molar-refractivity contribution in [2.75, 3.05) is 20.8 Å². The number of carbonyl (C=O) groups excluding carboxylic acids is 1. The maximum atomic E-state index is 11.9. The van der Waals surface area contributed by atoms with E-state index in [1.807, 2.05) is 32.0 Å². The van der Waals surface area contributed by atoms with E-state index in [4.69, 9.17) is 15.2 Å². The molecule has 1 aromatic rings. The summed E-state index contributed by atoms with van der Waals surface area (Å²) in [7, 11) is 3.22. The smallest absolute Gasteiger partial charge is 0.220 e. The summed E-state index contributed by atoms with van der Waals surface area (Å²) in [5, 5.41) is 2.96. The highest BCUT2D eigenvalue weighted by Crippen LogP contribution is 2.29. The van der Waals surface area contributed by atoms with Gasteiger partial charge in [-0.25, -0.2) is 0 Å². The highest BCUT2D eigenvalue weighted by atomic mass is 16.5. The molecule has 0 aliphatic carbocycles. The number of methoxy groups -OCH3 is 2. The van der Waals surface area contributed by atoms with Crippen molar-refractivity contribution in [2.45, 2.75) is 26.3 Å². The van der Waals surface area contributed by atoms with Crippen molar-refractivity contribution in [3.8, 4) is 11.5 Å². The van der Waals surface area contributed by atoms with Crippen molar-refractivity contribution in [1.29, 1.82) is 0 Å². The van der Waals surface area contributed by atoms with Gasteiger partial charge in [0, 0.05) is 12.0 Å². The largest absolute Gasteiger partial charge is 0.497 e. The Morgan fingerprint density at radius 1 is 1.30 bits per heavy atom. The van der Waals surface area contributed by atoms with E-state index in [1.54, 1.807) is 14.2 Å². The zero-order valence-corrected chi connectivity index (χ0v) is 12.6. The van der Waals surface area contributed by atoms with Crippen molar-refractivity contribution in [3.05, 3.63) is 23.8 Å². The molecule has 2 unspecified atom stereocenters. The molecule has 0 bridgehead atoms. The van der Waals surface area contributed by atoms with Crippen LogP contribution in [0.5, 0.6) is 11.5 Å². The van der Waals surface area contributed by atoms with E-state index >= 15 is 0 Å². The molecule has 5 nitrogen and oxygen atoms in total. The minimum Gasteiger partial charge on any atom is -0.497 e. The fourth-order valence-corrected chi connectivity index (χ4v) is 1.96. The van der Waals surface area contributed by atoms with Gasteiger partial charge < -0.3 is 20.5 Å². The molecule has 0 fully saturated rings. The predicted molar refractivity (Wildman–Crippen MR) is 78.9 cm³/mol. The summed E-state index contributed by atoms with van der Waals surface area (Å²) >= 11 is 0.